The number of hydrogen-bond donors (Lipinski definition) is 0. The molecule has 216 valence electrons. The highest BCUT2D eigenvalue weighted by Crippen LogP contribution is 2.43. The fourth-order valence-corrected chi connectivity index (χ4v) is 5.97. The van der Waals surface area contributed by atoms with Crippen molar-refractivity contribution in [2.75, 3.05) is 43.1 Å². The highest BCUT2D eigenvalue weighted by Gasteiger charge is 2.41. The van der Waals surface area contributed by atoms with Gasteiger partial charge in [-0.15, -0.1) is 0 Å². The van der Waals surface area contributed by atoms with Crippen LogP contribution in [-0.4, -0.2) is 65.6 Å². The third-order valence-electron chi connectivity index (χ3n) is 8.04. The maximum absolute atomic E-state index is 14.0. The summed E-state index contributed by atoms with van der Waals surface area (Å²) in [5.41, 5.74) is 3.31. The number of fused-ring (bicyclic) bond motifs is 1. The van der Waals surface area contributed by atoms with E-state index >= 15 is 0 Å². The van der Waals surface area contributed by atoms with Crippen LogP contribution in [-0.2, 0) is 10.2 Å². The van der Waals surface area contributed by atoms with Crippen LogP contribution in [0, 0.1) is 25.5 Å². The van der Waals surface area contributed by atoms with Crippen LogP contribution in [0.3, 0.4) is 0 Å². The molecule has 0 aliphatic carbocycles. The van der Waals surface area contributed by atoms with Gasteiger partial charge in [0, 0.05) is 43.3 Å². The van der Waals surface area contributed by atoms with Gasteiger partial charge in [0.15, 0.2) is 11.6 Å². The van der Waals surface area contributed by atoms with E-state index in [0.29, 0.717) is 48.8 Å². The van der Waals surface area contributed by atoms with Crippen LogP contribution in [0.5, 0.6) is 0 Å². The molecule has 4 heterocycles. The van der Waals surface area contributed by atoms with Gasteiger partial charge in [-0.05, 0) is 63.6 Å². The van der Waals surface area contributed by atoms with Crippen molar-refractivity contribution in [1.82, 2.24) is 14.9 Å². The van der Waals surface area contributed by atoms with E-state index in [9.17, 15) is 18.4 Å². The van der Waals surface area contributed by atoms with Gasteiger partial charge in [-0.3, -0.25) is 4.79 Å². The van der Waals surface area contributed by atoms with Gasteiger partial charge in [0.25, 0.3) is 5.91 Å². The van der Waals surface area contributed by atoms with Gasteiger partial charge in [-0.25, -0.2) is 23.5 Å². The van der Waals surface area contributed by atoms with Crippen LogP contribution in [0.15, 0.2) is 36.4 Å². The van der Waals surface area contributed by atoms with E-state index < -0.39 is 28.6 Å². The predicted molar refractivity (Wildman–Crippen MR) is 153 cm³/mol. The topological polar surface area (TPSA) is 78.9 Å². The first-order valence-corrected chi connectivity index (χ1v) is 13.6. The summed E-state index contributed by atoms with van der Waals surface area (Å²) in [6, 6.07) is 9.28. The zero-order valence-electron chi connectivity index (χ0n) is 24.5. The lowest BCUT2D eigenvalue weighted by atomic mass is 9.91. The fourth-order valence-electron chi connectivity index (χ4n) is 5.97. The average Bonchev–Trinajstić information content (AvgIpc) is 3.18. The molecule has 0 bridgehead atoms. The van der Waals surface area contributed by atoms with E-state index in [0.717, 1.165) is 28.8 Å². The first-order chi connectivity index (χ1) is 19.2. The van der Waals surface area contributed by atoms with Crippen LogP contribution in [0.4, 0.5) is 26.0 Å². The summed E-state index contributed by atoms with van der Waals surface area (Å²) in [4.78, 5) is 41.4. The summed E-state index contributed by atoms with van der Waals surface area (Å²) in [7, 11) is 1.35. The zero-order chi connectivity index (χ0) is 29.9. The Kier molecular flexibility index (Phi) is 6.99. The van der Waals surface area contributed by atoms with Crippen LogP contribution >= 0.6 is 0 Å². The minimum Gasteiger partial charge on any atom is -0.465 e. The molecule has 0 saturated carbocycles. The Bertz CT molecular complexity index is 1530. The van der Waals surface area contributed by atoms with Crippen molar-refractivity contribution in [1.29, 1.82) is 0 Å². The number of halogens is 2. The Labute approximate surface area is 238 Å². The normalized spacial score (nSPS) is 17.4. The largest absolute Gasteiger partial charge is 0.465 e. The molecule has 2 aliphatic heterocycles. The van der Waals surface area contributed by atoms with Gasteiger partial charge in [-0.2, -0.15) is 0 Å². The molecule has 1 fully saturated rings. The number of benzene rings is 1. The average molecular weight is 564 g/mol. The van der Waals surface area contributed by atoms with Crippen LogP contribution in [0.25, 0.3) is 0 Å². The number of ether oxygens (including phenoxy) is 1. The third kappa shape index (κ3) is 5.00. The Morgan fingerprint density at radius 1 is 0.927 bits per heavy atom. The van der Waals surface area contributed by atoms with Crippen LogP contribution in [0.1, 0.15) is 65.5 Å². The van der Waals surface area contributed by atoms with Gasteiger partial charge in [0.2, 0.25) is 0 Å². The van der Waals surface area contributed by atoms with Gasteiger partial charge >= 0.3 is 5.97 Å². The summed E-state index contributed by atoms with van der Waals surface area (Å²) in [5, 5.41) is 0. The van der Waals surface area contributed by atoms with Crippen molar-refractivity contribution >= 4 is 29.1 Å². The number of aromatic nitrogens is 2. The SMILES string of the molecule is COC(=O)c1c(C)cc(N2CCN(C(=O)c3ccc4c(n3)C(C)(C)CN4c3ccc(F)c(F)c3)C(C)(C)C2)nc1C. The van der Waals surface area contributed by atoms with E-state index in [-0.39, 0.29) is 5.91 Å². The number of amides is 1. The second-order valence-corrected chi connectivity index (χ2v) is 12.1. The molecule has 3 aromatic rings. The summed E-state index contributed by atoms with van der Waals surface area (Å²) >= 11 is 0. The second-order valence-electron chi connectivity index (χ2n) is 12.1. The lowest BCUT2D eigenvalue weighted by molar-refractivity contribution is 0.0505. The molecular formula is C31H35F2N5O3. The molecule has 1 aromatic carbocycles. The summed E-state index contributed by atoms with van der Waals surface area (Å²) in [6.07, 6.45) is 0. The van der Waals surface area contributed by atoms with Crippen molar-refractivity contribution in [3.05, 3.63) is 76.2 Å². The molecule has 8 nitrogen and oxygen atoms in total. The number of piperazine rings is 1. The highest BCUT2D eigenvalue weighted by molar-refractivity contribution is 5.94. The number of carbonyl (C=O) groups is 2. The molecule has 2 aromatic heterocycles. The smallest absolute Gasteiger partial charge is 0.339 e. The fraction of sp³-hybridized carbons (Fsp3) is 0.419. The van der Waals surface area contributed by atoms with E-state index in [1.54, 1.807) is 19.1 Å². The molecule has 1 saturated heterocycles. The zero-order valence-corrected chi connectivity index (χ0v) is 24.5. The predicted octanol–water partition coefficient (Wildman–Crippen LogP) is 5.33. The first kappa shape index (κ1) is 28.4. The van der Waals surface area contributed by atoms with Crippen LogP contribution in [0.2, 0.25) is 0 Å². The van der Waals surface area contributed by atoms with E-state index in [1.807, 2.05) is 56.6 Å². The summed E-state index contributed by atoms with van der Waals surface area (Å²) in [5.74, 6) is -1.63. The molecule has 2 aliphatic rings. The molecule has 5 rings (SSSR count). The second kappa shape index (κ2) is 10.1. The Hall–Kier alpha value is -4.08. The standard InChI is InChI=1S/C31H35F2N5O3/c1-18-14-25(34-19(2)26(18)29(40)41-7)36-12-13-38(31(5,6)17-36)28(39)23-10-11-24-27(35-23)30(3,4)16-37(24)20-8-9-21(32)22(33)15-20/h8-11,14-15H,12-13,16-17H2,1-7H3. The Balaban J connectivity index is 1.39. The number of nitrogens with zero attached hydrogens (tertiary/aromatic N) is 5. The first-order valence-electron chi connectivity index (χ1n) is 13.6. The minimum absolute atomic E-state index is 0.166. The number of aryl methyl sites for hydroxylation is 2. The molecule has 10 heteroatoms. The third-order valence-corrected chi connectivity index (χ3v) is 8.04. The van der Waals surface area contributed by atoms with E-state index in [4.69, 9.17) is 9.72 Å². The highest BCUT2D eigenvalue weighted by atomic mass is 19.2. The van der Waals surface area contributed by atoms with Crippen molar-refractivity contribution < 1.29 is 23.1 Å². The number of carbonyl (C=O) groups excluding carboxylic acids is 2. The van der Waals surface area contributed by atoms with Crippen molar-refractivity contribution in [2.45, 2.75) is 52.5 Å². The molecule has 0 N–H and O–H groups in total. The van der Waals surface area contributed by atoms with Gasteiger partial charge in [0.1, 0.15) is 11.5 Å². The summed E-state index contributed by atoms with van der Waals surface area (Å²) in [6.45, 7) is 13.8. The van der Waals surface area contributed by atoms with Gasteiger partial charge in [0.05, 0.1) is 35.3 Å². The minimum atomic E-state index is -0.908. The number of rotatable bonds is 4. The molecule has 41 heavy (non-hydrogen) atoms. The Morgan fingerprint density at radius 2 is 1.66 bits per heavy atom. The van der Waals surface area contributed by atoms with Crippen LogP contribution < -0.4 is 9.80 Å². The monoisotopic (exact) mass is 563 g/mol. The Morgan fingerprint density at radius 3 is 2.29 bits per heavy atom. The lowest BCUT2D eigenvalue weighted by Gasteiger charge is -2.47. The van der Waals surface area contributed by atoms with Crippen molar-refractivity contribution in [3.63, 3.8) is 0 Å². The molecule has 0 spiro atoms. The lowest BCUT2D eigenvalue weighted by Crippen LogP contribution is -2.61. The molecule has 0 unspecified atom stereocenters. The van der Waals surface area contributed by atoms with Crippen molar-refractivity contribution in [3.8, 4) is 0 Å². The quantitative estimate of drug-likeness (QED) is 0.397. The number of anilines is 3. The molecular weight excluding hydrogens is 528 g/mol. The summed E-state index contributed by atoms with van der Waals surface area (Å²) < 4.78 is 32.5. The number of hydrogen-bond acceptors (Lipinski definition) is 7. The maximum Gasteiger partial charge on any atom is 0.339 e. The van der Waals surface area contributed by atoms with E-state index in [2.05, 4.69) is 9.88 Å². The molecule has 0 radical (unpaired) electrons. The maximum atomic E-state index is 14.0. The van der Waals surface area contributed by atoms with Gasteiger partial charge in [-0.1, -0.05) is 13.8 Å². The number of methoxy groups -OCH3 is 1. The number of esters is 1. The number of pyridine rings is 2. The van der Waals surface area contributed by atoms with Gasteiger partial charge < -0.3 is 19.4 Å². The van der Waals surface area contributed by atoms with E-state index in [1.165, 1.54) is 13.2 Å². The molecule has 0 atom stereocenters. The van der Waals surface area contributed by atoms with Crippen molar-refractivity contribution in [2.24, 2.45) is 0 Å². The molecule has 1 amide bonds.